The number of nitrogen functional groups attached to an aromatic ring is 1. The van der Waals surface area contributed by atoms with Gasteiger partial charge in [-0.3, -0.25) is 4.79 Å². The van der Waals surface area contributed by atoms with Crippen molar-refractivity contribution in [1.29, 1.82) is 0 Å². The maximum Gasteiger partial charge on any atom is 0.247 e. The summed E-state index contributed by atoms with van der Waals surface area (Å²) in [7, 11) is 0. The molecule has 1 rings (SSSR count). The van der Waals surface area contributed by atoms with Crippen LogP contribution in [-0.4, -0.2) is 38.7 Å². The number of likely N-dealkylation sites (N-methyl/N-ethyl adjacent to an activating group) is 1. The summed E-state index contributed by atoms with van der Waals surface area (Å²) in [5.41, 5.74) is 5.39. The molecule has 1 aromatic rings. The van der Waals surface area contributed by atoms with Crippen molar-refractivity contribution in [2.75, 3.05) is 18.8 Å². The van der Waals surface area contributed by atoms with E-state index in [1.807, 2.05) is 13.8 Å². The first-order chi connectivity index (χ1) is 7.10. The van der Waals surface area contributed by atoms with Gasteiger partial charge in [0.15, 0.2) is 0 Å². The van der Waals surface area contributed by atoms with Crippen LogP contribution in [0.5, 0.6) is 0 Å². The van der Waals surface area contributed by atoms with Crippen LogP contribution in [-0.2, 0) is 4.79 Å². The Morgan fingerprint density at radius 3 is 2.60 bits per heavy atom. The third kappa shape index (κ3) is 2.45. The molecule has 0 saturated heterocycles. The van der Waals surface area contributed by atoms with E-state index in [4.69, 9.17) is 5.73 Å². The monoisotopic (exact) mass is 211 g/mol. The largest absolute Gasteiger partial charge is 0.367 e. The molecular weight excluding hydrogens is 194 g/mol. The Kier molecular flexibility index (Phi) is 3.65. The van der Waals surface area contributed by atoms with E-state index >= 15 is 0 Å². The number of anilines is 1. The predicted molar refractivity (Wildman–Crippen MR) is 57.1 cm³/mol. The highest BCUT2D eigenvalue weighted by atomic mass is 16.2. The van der Waals surface area contributed by atoms with Crippen LogP contribution in [0.3, 0.4) is 0 Å². The number of hydrogen-bond donors (Lipinski definition) is 1. The second-order valence-electron chi connectivity index (χ2n) is 3.27. The summed E-state index contributed by atoms with van der Waals surface area (Å²) in [6.45, 7) is 7.08. The lowest BCUT2D eigenvalue weighted by Gasteiger charge is -2.22. The zero-order chi connectivity index (χ0) is 11.4. The van der Waals surface area contributed by atoms with Crippen LogP contribution in [0, 0.1) is 0 Å². The van der Waals surface area contributed by atoms with Crippen molar-refractivity contribution in [2.24, 2.45) is 0 Å². The van der Waals surface area contributed by atoms with Gasteiger partial charge < -0.3 is 10.6 Å². The van der Waals surface area contributed by atoms with Crippen molar-refractivity contribution < 1.29 is 4.79 Å². The molecule has 0 fully saturated rings. The van der Waals surface area contributed by atoms with Crippen LogP contribution in [0.25, 0.3) is 0 Å². The summed E-state index contributed by atoms with van der Waals surface area (Å²) in [5, 5.41) is 3.92. The van der Waals surface area contributed by atoms with E-state index in [1.54, 1.807) is 11.8 Å². The number of aromatic nitrogens is 3. The number of nitrogens with two attached hydrogens (primary N) is 1. The zero-order valence-corrected chi connectivity index (χ0v) is 9.34. The van der Waals surface area contributed by atoms with Gasteiger partial charge >= 0.3 is 0 Å². The van der Waals surface area contributed by atoms with Crippen molar-refractivity contribution in [2.45, 2.75) is 26.8 Å². The average molecular weight is 211 g/mol. The second kappa shape index (κ2) is 4.77. The molecule has 0 aliphatic rings. The number of hydrogen-bond acceptors (Lipinski definition) is 4. The molecule has 1 unspecified atom stereocenters. The third-order valence-corrected chi connectivity index (χ3v) is 2.36. The van der Waals surface area contributed by atoms with Crippen molar-refractivity contribution in [1.82, 2.24) is 19.7 Å². The Morgan fingerprint density at radius 1 is 1.60 bits per heavy atom. The molecule has 1 heterocycles. The number of nitrogens with zero attached hydrogens (tertiary/aromatic N) is 4. The molecule has 0 aliphatic heterocycles. The first-order valence-electron chi connectivity index (χ1n) is 5.05. The van der Waals surface area contributed by atoms with E-state index in [2.05, 4.69) is 10.1 Å². The molecule has 0 aliphatic carbocycles. The van der Waals surface area contributed by atoms with Gasteiger partial charge in [0.1, 0.15) is 12.4 Å². The van der Waals surface area contributed by atoms with Gasteiger partial charge in [-0.1, -0.05) is 0 Å². The summed E-state index contributed by atoms with van der Waals surface area (Å²) in [6, 6.07) is -0.352. The van der Waals surface area contributed by atoms with Gasteiger partial charge in [0.25, 0.3) is 0 Å². The van der Waals surface area contributed by atoms with Gasteiger partial charge in [0.05, 0.1) is 0 Å². The fourth-order valence-corrected chi connectivity index (χ4v) is 1.39. The van der Waals surface area contributed by atoms with Gasteiger partial charge in [-0.25, -0.2) is 9.67 Å². The first kappa shape index (κ1) is 11.5. The zero-order valence-electron chi connectivity index (χ0n) is 9.34. The molecule has 0 radical (unpaired) electrons. The van der Waals surface area contributed by atoms with Crippen molar-refractivity contribution in [3.63, 3.8) is 0 Å². The Labute approximate surface area is 89.1 Å². The molecule has 1 amide bonds. The van der Waals surface area contributed by atoms with E-state index < -0.39 is 0 Å². The lowest BCUT2D eigenvalue weighted by atomic mass is 10.3. The van der Waals surface area contributed by atoms with Gasteiger partial charge in [0.2, 0.25) is 11.9 Å². The molecule has 84 valence electrons. The second-order valence-corrected chi connectivity index (χ2v) is 3.27. The smallest absolute Gasteiger partial charge is 0.247 e. The Bertz CT molecular complexity index is 331. The molecule has 0 bridgehead atoms. The minimum atomic E-state index is -0.352. The average Bonchev–Trinajstić information content (AvgIpc) is 2.65. The Hall–Kier alpha value is -1.59. The van der Waals surface area contributed by atoms with Gasteiger partial charge in [-0.15, -0.1) is 5.10 Å². The third-order valence-electron chi connectivity index (χ3n) is 2.36. The molecule has 0 spiro atoms. The highest BCUT2D eigenvalue weighted by Crippen LogP contribution is 2.08. The van der Waals surface area contributed by atoms with Crippen molar-refractivity contribution >= 4 is 11.9 Å². The molecule has 1 atom stereocenters. The quantitative estimate of drug-likeness (QED) is 0.776. The van der Waals surface area contributed by atoms with E-state index in [0.717, 1.165) is 0 Å². The highest BCUT2D eigenvalue weighted by molar-refractivity contribution is 5.79. The van der Waals surface area contributed by atoms with E-state index in [9.17, 15) is 4.79 Å². The van der Waals surface area contributed by atoms with E-state index in [-0.39, 0.29) is 17.9 Å². The normalized spacial score (nSPS) is 12.5. The fourth-order valence-electron chi connectivity index (χ4n) is 1.39. The number of carbonyl (C=O) groups excluding carboxylic acids is 1. The van der Waals surface area contributed by atoms with E-state index in [1.165, 1.54) is 11.0 Å². The minimum absolute atomic E-state index is 0.0323. The molecular formula is C9H17N5O. The molecule has 6 heteroatoms. The SMILES string of the molecule is CCN(CC)C(=O)C(C)n1cnc(N)n1. The van der Waals surface area contributed by atoms with Crippen LogP contribution in [0.15, 0.2) is 6.33 Å². The Balaban J connectivity index is 2.76. The van der Waals surface area contributed by atoms with Crippen molar-refractivity contribution in [3.05, 3.63) is 6.33 Å². The number of rotatable bonds is 4. The summed E-state index contributed by atoms with van der Waals surface area (Å²) in [4.78, 5) is 17.5. The molecule has 0 aromatic carbocycles. The van der Waals surface area contributed by atoms with Gasteiger partial charge in [-0.2, -0.15) is 0 Å². The van der Waals surface area contributed by atoms with Gasteiger partial charge in [-0.05, 0) is 20.8 Å². The molecule has 6 nitrogen and oxygen atoms in total. The first-order valence-corrected chi connectivity index (χ1v) is 5.05. The van der Waals surface area contributed by atoms with Crippen LogP contribution in [0.2, 0.25) is 0 Å². The van der Waals surface area contributed by atoms with Crippen LogP contribution in [0.1, 0.15) is 26.8 Å². The molecule has 1 aromatic heterocycles. The van der Waals surface area contributed by atoms with E-state index in [0.29, 0.717) is 13.1 Å². The number of carbonyl (C=O) groups is 1. The van der Waals surface area contributed by atoms with Crippen molar-refractivity contribution in [3.8, 4) is 0 Å². The molecule has 0 saturated carbocycles. The standard InChI is InChI=1S/C9H17N5O/c1-4-13(5-2)8(15)7(3)14-6-11-9(10)12-14/h6-7H,4-5H2,1-3H3,(H2,10,12). The predicted octanol–water partition coefficient (Wildman–Crippen LogP) is 0.290. The maximum atomic E-state index is 11.9. The summed E-state index contributed by atoms with van der Waals surface area (Å²) < 4.78 is 1.48. The Morgan fingerprint density at radius 2 is 2.20 bits per heavy atom. The lowest BCUT2D eigenvalue weighted by molar-refractivity contribution is -0.134. The highest BCUT2D eigenvalue weighted by Gasteiger charge is 2.20. The summed E-state index contributed by atoms with van der Waals surface area (Å²) in [6.07, 6.45) is 1.47. The van der Waals surface area contributed by atoms with Crippen LogP contribution >= 0.6 is 0 Å². The fraction of sp³-hybridized carbons (Fsp3) is 0.667. The summed E-state index contributed by atoms with van der Waals surface area (Å²) in [5.74, 6) is 0.221. The van der Waals surface area contributed by atoms with Gasteiger partial charge in [0, 0.05) is 13.1 Å². The summed E-state index contributed by atoms with van der Waals surface area (Å²) >= 11 is 0. The van der Waals surface area contributed by atoms with Crippen LogP contribution < -0.4 is 5.73 Å². The lowest BCUT2D eigenvalue weighted by Crippen LogP contribution is -2.36. The molecule has 2 N–H and O–H groups in total. The van der Waals surface area contributed by atoms with Crippen LogP contribution in [0.4, 0.5) is 5.95 Å². The number of amides is 1. The molecule has 15 heavy (non-hydrogen) atoms. The maximum absolute atomic E-state index is 11.9. The minimum Gasteiger partial charge on any atom is -0.367 e. The topological polar surface area (TPSA) is 77.0 Å².